The van der Waals surface area contributed by atoms with E-state index in [-0.39, 0.29) is 18.3 Å². The first-order valence-corrected chi connectivity index (χ1v) is 10.5. The number of nitrogens with one attached hydrogen (secondary N) is 2. The van der Waals surface area contributed by atoms with E-state index in [2.05, 4.69) is 10.6 Å². The normalized spacial score (nSPS) is 10.8. The zero-order valence-electron chi connectivity index (χ0n) is 17.9. The van der Waals surface area contributed by atoms with Crippen LogP contribution in [-0.2, 0) is 17.9 Å². The number of halogens is 1. The molecule has 0 saturated heterocycles. The van der Waals surface area contributed by atoms with Crippen LogP contribution >= 0.6 is 0 Å². The fraction of sp³-hybridized carbons (Fsp3) is 0.148. The Bertz CT molecular complexity index is 1200. The van der Waals surface area contributed by atoms with Crippen molar-refractivity contribution in [3.63, 3.8) is 0 Å². The van der Waals surface area contributed by atoms with E-state index in [0.29, 0.717) is 18.8 Å². The molecule has 4 aromatic carbocycles. The Morgan fingerprint density at radius 1 is 0.875 bits per heavy atom. The number of hydrogen-bond donors (Lipinski definition) is 2. The molecule has 0 bridgehead atoms. The lowest BCUT2D eigenvalue weighted by molar-refractivity contribution is -0.118. The molecule has 0 aliphatic heterocycles. The maximum Gasteiger partial charge on any atom is 0.262 e. The number of hydrogen-bond acceptors (Lipinski definition) is 3. The molecule has 4 aromatic rings. The molecule has 0 atom stereocenters. The standard InChI is InChI=1S/C27H25FN2O2/c1-19-6-13-23(14-7-19)30-27(31)18-32-26-15-10-21-4-2-3-5-24(21)25(26)17-29-16-20-8-11-22(28)12-9-20/h2-15,29H,16-18H2,1H3,(H,30,31). The molecule has 5 heteroatoms. The lowest BCUT2D eigenvalue weighted by atomic mass is 10.0. The minimum atomic E-state index is -0.248. The van der Waals surface area contributed by atoms with Gasteiger partial charge in [-0.1, -0.05) is 60.2 Å². The Morgan fingerprint density at radius 3 is 2.41 bits per heavy atom. The summed E-state index contributed by atoms with van der Waals surface area (Å²) < 4.78 is 19.1. The van der Waals surface area contributed by atoms with Crippen molar-refractivity contribution in [3.8, 4) is 5.75 Å². The minimum absolute atomic E-state index is 0.0861. The molecule has 162 valence electrons. The summed E-state index contributed by atoms with van der Waals surface area (Å²) in [7, 11) is 0. The van der Waals surface area contributed by atoms with Crippen molar-refractivity contribution in [1.82, 2.24) is 5.32 Å². The molecule has 0 fully saturated rings. The predicted molar refractivity (Wildman–Crippen MR) is 126 cm³/mol. The van der Waals surface area contributed by atoms with Crippen LogP contribution in [0, 0.1) is 12.7 Å². The molecule has 0 aliphatic carbocycles. The summed E-state index contributed by atoms with van der Waals surface area (Å²) in [5, 5.41) is 8.42. The van der Waals surface area contributed by atoms with Gasteiger partial charge in [0.2, 0.25) is 0 Å². The van der Waals surface area contributed by atoms with Crippen LogP contribution < -0.4 is 15.4 Å². The highest BCUT2D eigenvalue weighted by molar-refractivity contribution is 5.92. The second-order valence-corrected chi connectivity index (χ2v) is 7.70. The second kappa shape index (κ2) is 10.1. The first-order valence-electron chi connectivity index (χ1n) is 10.5. The van der Waals surface area contributed by atoms with E-state index in [4.69, 9.17) is 4.74 Å². The number of ether oxygens (including phenoxy) is 1. The predicted octanol–water partition coefficient (Wildman–Crippen LogP) is 5.59. The van der Waals surface area contributed by atoms with Crippen molar-refractivity contribution < 1.29 is 13.9 Å². The molecular formula is C27H25FN2O2. The molecule has 0 saturated carbocycles. The van der Waals surface area contributed by atoms with Gasteiger partial charge in [-0.3, -0.25) is 4.79 Å². The van der Waals surface area contributed by atoms with Crippen molar-refractivity contribution in [1.29, 1.82) is 0 Å². The van der Waals surface area contributed by atoms with Gasteiger partial charge >= 0.3 is 0 Å². The van der Waals surface area contributed by atoms with E-state index in [9.17, 15) is 9.18 Å². The third kappa shape index (κ3) is 5.50. The monoisotopic (exact) mass is 428 g/mol. The Labute approximate surface area is 187 Å². The topological polar surface area (TPSA) is 50.4 Å². The first-order chi connectivity index (χ1) is 15.6. The van der Waals surface area contributed by atoms with E-state index >= 15 is 0 Å². The van der Waals surface area contributed by atoms with Crippen LogP contribution in [0.4, 0.5) is 10.1 Å². The van der Waals surface area contributed by atoms with Gasteiger partial charge in [0.15, 0.2) is 6.61 Å². The third-order valence-electron chi connectivity index (χ3n) is 5.24. The highest BCUT2D eigenvalue weighted by Crippen LogP contribution is 2.28. The fourth-order valence-electron chi connectivity index (χ4n) is 3.54. The number of rotatable bonds is 8. The average molecular weight is 429 g/mol. The molecule has 2 N–H and O–H groups in total. The number of anilines is 1. The van der Waals surface area contributed by atoms with E-state index in [1.54, 1.807) is 12.1 Å². The van der Waals surface area contributed by atoms with Gasteiger partial charge in [0, 0.05) is 24.3 Å². The Kier molecular flexibility index (Phi) is 6.78. The highest BCUT2D eigenvalue weighted by atomic mass is 19.1. The molecule has 0 aromatic heterocycles. The van der Waals surface area contributed by atoms with Crippen LogP contribution in [0.15, 0.2) is 84.9 Å². The van der Waals surface area contributed by atoms with Crippen molar-refractivity contribution in [2.24, 2.45) is 0 Å². The summed E-state index contributed by atoms with van der Waals surface area (Å²) >= 11 is 0. The van der Waals surface area contributed by atoms with E-state index in [1.807, 2.05) is 67.6 Å². The molecule has 0 unspecified atom stereocenters. The minimum Gasteiger partial charge on any atom is -0.483 e. The summed E-state index contributed by atoms with van der Waals surface area (Å²) in [4.78, 5) is 12.4. The molecule has 4 nitrogen and oxygen atoms in total. The number of benzene rings is 4. The van der Waals surface area contributed by atoms with Crippen LogP contribution in [0.25, 0.3) is 10.8 Å². The molecule has 1 amide bonds. The quantitative estimate of drug-likeness (QED) is 0.384. The zero-order valence-corrected chi connectivity index (χ0v) is 17.9. The zero-order chi connectivity index (χ0) is 22.3. The van der Waals surface area contributed by atoms with Crippen LogP contribution in [0.1, 0.15) is 16.7 Å². The maximum atomic E-state index is 13.1. The van der Waals surface area contributed by atoms with Crippen LogP contribution in [-0.4, -0.2) is 12.5 Å². The van der Waals surface area contributed by atoms with Crippen molar-refractivity contribution in [3.05, 3.63) is 107 Å². The molecule has 4 rings (SSSR count). The summed E-state index contributed by atoms with van der Waals surface area (Å²) in [6, 6.07) is 26.0. The van der Waals surface area contributed by atoms with Gasteiger partial charge in [-0.15, -0.1) is 0 Å². The molecule has 0 aliphatic rings. The van der Waals surface area contributed by atoms with Crippen molar-refractivity contribution in [2.45, 2.75) is 20.0 Å². The van der Waals surface area contributed by atoms with Gasteiger partial charge < -0.3 is 15.4 Å². The largest absolute Gasteiger partial charge is 0.483 e. The SMILES string of the molecule is Cc1ccc(NC(=O)COc2ccc3ccccc3c2CNCc2ccc(F)cc2)cc1. The smallest absolute Gasteiger partial charge is 0.262 e. The van der Waals surface area contributed by atoms with Gasteiger partial charge in [-0.25, -0.2) is 4.39 Å². The number of fused-ring (bicyclic) bond motifs is 1. The number of amides is 1. The average Bonchev–Trinajstić information content (AvgIpc) is 2.81. The van der Waals surface area contributed by atoms with E-state index < -0.39 is 0 Å². The van der Waals surface area contributed by atoms with Gasteiger partial charge in [-0.2, -0.15) is 0 Å². The van der Waals surface area contributed by atoms with E-state index in [1.165, 1.54) is 12.1 Å². The lowest BCUT2D eigenvalue weighted by Crippen LogP contribution is -2.21. The number of aryl methyl sites for hydroxylation is 1. The van der Waals surface area contributed by atoms with E-state index in [0.717, 1.165) is 33.2 Å². The first kappa shape index (κ1) is 21.5. The number of carbonyl (C=O) groups is 1. The van der Waals surface area contributed by atoms with Gasteiger partial charge in [-0.05, 0) is 53.6 Å². The van der Waals surface area contributed by atoms with Crippen LogP contribution in [0.2, 0.25) is 0 Å². The van der Waals surface area contributed by atoms with Crippen molar-refractivity contribution in [2.75, 3.05) is 11.9 Å². The Morgan fingerprint density at radius 2 is 1.62 bits per heavy atom. The molecule has 0 spiro atoms. The molecule has 32 heavy (non-hydrogen) atoms. The summed E-state index contributed by atoms with van der Waals surface area (Å²) in [6.45, 7) is 3.06. The van der Waals surface area contributed by atoms with Crippen LogP contribution in [0.5, 0.6) is 5.75 Å². The summed E-state index contributed by atoms with van der Waals surface area (Å²) in [5.74, 6) is 0.198. The fourth-order valence-corrected chi connectivity index (χ4v) is 3.54. The second-order valence-electron chi connectivity index (χ2n) is 7.70. The van der Waals surface area contributed by atoms with Gasteiger partial charge in [0.1, 0.15) is 11.6 Å². The molecule has 0 radical (unpaired) electrons. The number of carbonyl (C=O) groups excluding carboxylic acids is 1. The van der Waals surface area contributed by atoms with Gasteiger partial charge in [0.05, 0.1) is 0 Å². The highest BCUT2D eigenvalue weighted by Gasteiger charge is 2.11. The third-order valence-corrected chi connectivity index (χ3v) is 5.24. The molecular weight excluding hydrogens is 403 g/mol. The van der Waals surface area contributed by atoms with Crippen LogP contribution in [0.3, 0.4) is 0 Å². The summed E-state index contributed by atoms with van der Waals surface area (Å²) in [5.41, 5.74) is 3.84. The lowest BCUT2D eigenvalue weighted by Gasteiger charge is -2.15. The van der Waals surface area contributed by atoms with Crippen molar-refractivity contribution >= 4 is 22.4 Å². The van der Waals surface area contributed by atoms with Gasteiger partial charge in [0.25, 0.3) is 5.91 Å². The summed E-state index contributed by atoms with van der Waals surface area (Å²) in [6.07, 6.45) is 0. The maximum absolute atomic E-state index is 13.1. The Hall–Kier alpha value is -3.70. The Balaban J connectivity index is 1.45. The molecule has 0 heterocycles.